The van der Waals surface area contributed by atoms with Gasteiger partial charge in [-0.25, -0.2) is 0 Å². The lowest BCUT2D eigenvalue weighted by molar-refractivity contribution is -0.152. The zero-order valence-electron chi connectivity index (χ0n) is 55.3. The summed E-state index contributed by atoms with van der Waals surface area (Å²) in [5, 5.41) is 2.57. The summed E-state index contributed by atoms with van der Waals surface area (Å²) in [5.41, 5.74) is 0. The largest absolute Gasteiger partial charge is 0.461 e. The second-order valence-electron chi connectivity index (χ2n) is 22.7. The molecular formula is C67H131ClN4O9S2. The van der Waals surface area contributed by atoms with Gasteiger partial charge in [0.2, 0.25) is 0 Å². The first-order valence-corrected chi connectivity index (χ1v) is 34.9. The fourth-order valence-corrected chi connectivity index (χ4v) is 10.1. The molecule has 492 valence electrons. The first-order chi connectivity index (χ1) is 39.7. The van der Waals surface area contributed by atoms with Crippen LogP contribution < -0.4 is 5.32 Å². The molecule has 2 atom stereocenters. The molecule has 0 aromatic heterocycles. The van der Waals surface area contributed by atoms with Gasteiger partial charge in [0.25, 0.3) is 5.24 Å². The van der Waals surface area contributed by atoms with Crippen molar-refractivity contribution in [2.75, 3.05) is 92.2 Å². The van der Waals surface area contributed by atoms with E-state index in [1.54, 1.807) is 0 Å². The molecule has 0 heterocycles. The molecule has 83 heavy (non-hydrogen) atoms. The van der Waals surface area contributed by atoms with Crippen molar-refractivity contribution in [1.29, 1.82) is 0 Å². The first-order valence-electron chi connectivity index (χ1n) is 33.3. The molecule has 16 heteroatoms. The number of rotatable bonds is 55. The summed E-state index contributed by atoms with van der Waals surface area (Å²) in [6, 6.07) is 0. The molecule has 0 radical (unpaired) electrons. The molecule has 0 saturated carbocycles. The minimum atomic E-state index is -0.514. The van der Waals surface area contributed by atoms with E-state index in [9.17, 15) is 24.0 Å². The van der Waals surface area contributed by atoms with E-state index in [1.165, 1.54) is 153 Å². The van der Waals surface area contributed by atoms with Crippen molar-refractivity contribution >= 4 is 65.9 Å². The summed E-state index contributed by atoms with van der Waals surface area (Å²) in [7, 11) is 7.97. The second kappa shape index (κ2) is 70.5. The topological polar surface area (TPSA) is 144 Å². The third-order valence-electron chi connectivity index (χ3n) is 13.8. The highest BCUT2D eigenvalue weighted by Crippen LogP contribution is 2.19. The van der Waals surface area contributed by atoms with Gasteiger partial charge >= 0.3 is 23.9 Å². The summed E-state index contributed by atoms with van der Waals surface area (Å²) in [4.78, 5) is 68.1. The first kappa shape index (κ1) is 87.1. The molecular weight excluding hydrogens is 1100 g/mol. The van der Waals surface area contributed by atoms with Gasteiger partial charge in [0, 0.05) is 24.6 Å². The molecule has 0 aromatic carbocycles. The van der Waals surface area contributed by atoms with Gasteiger partial charge in [-0.15, -0.1) is 12.4 Å². The second-order valence-corrected chi connectivity index (χ2v) is 24.1. The van der Waals surface area contributed by atoms with E-state index in [-0.39, 0.29) is 81.2 Å². The van der Waals surface area contributed by atoms with E-state index in [2.05, 4.69) is 70.5 Å². The Morgan fingerprint density at radius 2 is 0.771 bits per heavy atom. The highest BCUT2D eigenvalue weighted by molar-refractivity contribution is 8.13. The molecule has 0 fully saturated rings. The number of esters is 4. The summed E-state index contributed by atoms with van der Waals surface area (Å²) in [5.74, 6) is -0.0498. The monoisotopic (exact) mass is 1230 g/mol. The van der Waals surface area contributed by atoms with Crippen molar-refractivity contribution in [3.8, 4) is 0 Å². The summed E-state index contributed by atoms with van der Waals surface area (Å²) in [6.07, 6.45) is 49.5. The molecule has 1 amide bonds. The van der Waals surface area contributed by atoms with Crippen LogP contribution >= 0.6 is 36.8 Å². The number of nitrogens with one attached hydrogen (secondary N) is 1. The summed E-state index contributed by atoms with van der Waals surface area (Å²) >= 11 is 5.14. The number of unbranched alkanes of at least 4 members (excludes halogenated alkanes) is 26. The van der Waals surface area contributed by atoms with Gasteiger partial charge < -0.3 is 33.6 Å². The minimum Gasteiger partial charge on any atom is -0.461 e. The Balaban J connectivity index is -0.000000687. The lowest BCUT2D eigenvalue weighted by Gasteiger charge is -2.23. The van der Waals surface area contributed by atoms with Gasteiger partial charge in [-0.1, -0.05) is 232 Å². The number of thiol groups is 1. The Bertz CT molecular complexity index is 1490. The quantitative estimate of drug-likeness (QED) is 0.0196. The number of halogens is 1. The number of thioether (sulfide) groups is 1. The molecule has 0 aliphatic carbocycles. The van der Waals surface area contributed by atoms with Crippen LogP contribution in [-0.2, 0) is 38.1 Å². The Hall–Kier alpha value is -2.30. The average Bonchev–Trinajstić information content (AvgIpc) is 3.46. The van der Waals surface area contributed by atoms with E-state index in [0.29, 0.717) is 5.75 Å². The molecule has 2 unspecified atom stereocenters. The van der Waals surface area contributed by atoms with Crippen LogP contribution in [0.1, 0.15) is 273 Å². The third-order valence-corrected chi connectivity index (χ3v) is 14.9. The molecule has 0 aliphatic heterocycles. The van der Waals surface area contributed by atoms with Gasteiger partial charge in [-0.2, -0.15) is 12.6 Å². The van der Waals surface area contributed by atoms with Crippen molar-refractivity contribution in [2.45, 2.75) is 285 Å². The highest BCUT2D eigenvalue weighted by Gasteiger charge is 2.24. The summed E-state index contributed by atoms with van der Waals surface area (Å²) < 4.78 is 22.2. The van der Waals surface area contributed by atoms with Crippen LogP contribution in [0.15, 0.2) is 24.3 Å². The van der Waals surface area contributed by atoms with Crippen LogP contribution in [0.2, 0.25) is 0 Å². The Morgan fingerprint density at radius 1 is 0.434 bits per heavy atom. The van der Waals surface area contributed by atoms with Crippen LogP contribution in [0.3, 0.4) is 0 Å². The molecule has 1 N–H and O–H groups in total. The predicted molar refractivity (Wildman–Crippen MR) is 361 cm³/mol. The van der Waals surface area contributed by atoms with E-state index >= 15 is 0 Å². The normalized spacial score (nSPS) is 11.9. The van der Waals surface area contributed by atoms with Crippen molar-refractivity contribution in [3.63, 3.8) is 0 Å². The number of hydrogen-bond donors (Lipinski definition) is 2. The number of ether oxygens (including phenoxy) is 4. The zero-order chi connectivity index (χ0) is 61.4. The average molecular weight is 1240 g/mol. The third kappa shape index (κ3) is 70.4. The number of carbonyl (C=O) groups excluding carboxylic acids is 5. The number of carbonyl (C=O) groups is 5. The highest BCUT2D eigenvalue weighted by atomic mass is 35.5. The standard InChI is InChI=1S/C34H64N2O5S.C29H55NO4.C4H11NS.ClH/c1-6-9-12-15-17-20-23-27-40-32(37)29-36(34(39)42-28-26-35(4)5)30-33(38)41-31(24-21-18-14-11-8-3)25-22-19-16-13-10-7-2;1-4-7-10-13-15-18-21-24-33-28(31)25-30-26-29(32)34-27(22-19-16-12-9-6-3)23-20-17-14-11-8-5-2;1-5(2)3-4-6;/h20,23,31H,6-19,21-22,24-30H2,1-5H3;18,21,27,30H,4-17,19-20,22-26H2,1-3H3;6H,3-4H2,1-2H3;1H/b23-20-;21-18-;;. The SMILES string of the molecule is CCCCCC/C=C\COC(=O)CN(CC(=O)OC(CCCCCCC)CCCCCCCC)C(=O)SCCN(C)C.CCCCCC/C=C\COC(=O)CNCC(=O)OC(CCCCCCC)CCCCCCCC.CN(C)CCS.Cl. The van der Waals surface area contributed by atoms with Crippen molar-refractivity contribution in [2.24, 2.45) is 0 Å². The van der Waals surface area contributed by atoms with E-state index in [1.807, 2.05) is 51.3 Å². The molecule has 0 aliphatic rings. The Kier molecular flexibility index (Phi) is 74.0. The van der Waals surface area contributed by atoms with E-state index in [0.717, 1.165) is 114 Å². The zero-order valence-corrected chi connectivity index (χ0v) is 57.8. The van der Waals surface area contributed by atoms with Gasteiger partial charge in [0.1, 0.15) is 38.5 Å². The predicted octanol–water partition coefficient (Wildman–Crippen LogP) is 17.4. The molecule has 13 nitrogen and oxygen atoms in total. The molecule has 0 rings (SSSR count). The molecule has 0 saturated heterocycles. The van der Waals surface area contributed by atoms with Crippen LogP contribution in [0.4, 0.5) is 4.79 Å². The van der Waals surface area contributed by atoms with E-state index < -0.39 is 11.9 Å². The maximum Gasteiger partial charge on any atom is 0.326 e. The Labute approximate surface area is 527 Å². The van der Waals surface area contributed by atoms with Gasteiger partial charge in [0.05, 0.1) is 13.1 Å². The smallest absolute Gasteiger partial charge is 0.326 e. The van der Waals surface area contributed by atoms with Gasteiger partial charge in [0.15, 0.2) is 0 Å². The van der Waals surface area contributed by atoms with Crippen molar-refractivity contribution in [1.82, 2.24) is 20.0 Å². The van der Waals surface area contributed by atoms with Crippen molar-refractivity contribution in [3.05, 3.63) is 24.3 Å². The van der Waals surface area contributed by atoms with Crippen LogP contribution in [0.25, 0.3) is 0 Å². The fraction of sp³-hybridized carbons (Fsp3) is 0.866. The molecule has 0 bridgehead atoms. The van der Waals surface area contributed by atoms with Crippen LogP contribution in [0, 0.1) is 0 Å². The molecule has 0 spiro atoms. The minimum absolute atomic E-state index is 0. The summed E-state index contributed by atoms with van der Waals surface area (Å²) in [6.45, 7) is 15.1. The van der Waals surface area contributed by atoms with Crippen LogP contribution in [-0.4, -0.2) is 148 Å². The number of amides is 1. The molecule has 0 aromatic rings. The Morgan fingerprint density at radius 3 is 1.14 bits per heavy atom. The number of allylic oxidation sites excluding steroid dienone is 2. The van der Waals surface area contributed by atoms with Crippen LogP contribution in [0.5, 0.6) is 0 Å². The van der Waals surface area contributed by atoms with Gasteiger partial charge in [-0.3, -0.25) is 29.3 Å². The van der Waals surface area contributed by atoms with E-state index in [4.69, 9.17) is 18.9 Å². The lowest BCUT2D eigenvalue weighted by atomic mass is 10.0. The number of nitrogens with zero attached hydrogens (tertiary/aromatic N) is 3. The van der Waals surface area contributed by atoms with Crippen molar-refractivity contribution < 1.29 is 42.9 Å². The maximum absolute atomic E-state index is 13.1. The number of hydrogen-bond acceptors (Lipinski definition) is 14. The van der Waals surface area contributed by atoms with Gasteiger partial charge in [-0.05, 0) is 105 Å². The lowest BCUT2D eigenvalue weighted by Crippen LogP contribution is -2.39. The fourth-order valence-electron chi connectivity index (χ4n) is 8.73. The maximum atomic E-state index is 13.1.